The SMILES string of the molecule is C=C[Si](C=C)(C=C)CCCOC(=O)C(=C)C. The van der Waals surface area contributed by atoms with Crippen LogP contribution in [-0.2, 0) is 9.53 Å². The number of esters is 1. The molecule has 0 radical (unpaired) electrons. The van der Waals surface area contributed by atoms with Crippen LogP contribution in [0, 0.1) is 0 Å². The first-order valence-electron chi connectivity index (χ1n) is 5.24. The molecule has 0 saturated carbocycles. The number of hydrogen-bond donors (Lipinski definition) is 0. The molecule has 0 aliphatic heterocycles. The zero-order valence-corrected chi connectivity index (χ0v) is 11.0. The molecule has 16 heavy (non-hydrogen) atoms. The molecule has 0 fully saturated rings. The second-order valence-electron chi connectivity index (χ2n) is 3.74. The zero-order valence-electron chi connectivity index (χ0n) is 10.00. The van der Waals surface area contributed by atoms with Gasteiger partial charge in [-0.25, -0.2) is 4.79 Å². The van der Waals surface area contributed by atoms with Crippen molar-refractivity contribution in [2.75, 3.05) is 6.61 Å². The van der Waals surface area contributed by atoms with Crippen molar-refractivity contribution in [3.63, 3.8) is 0 Å². The summed E-state index contributed by atoms with van der Waals surface area (Å²) in [4.78, 5) is 11.1. The molecule has 0 N–H and O–H groups in total. The molecule has 0 aromatic carbocycles. The maximum absolute atomic E-state index is 11.1. The molecule has 3 heteroatoms. The molecule has 0 rings (SSSR count). The Morgan fingerprint density at radius 3 is 2.12 bits per heavy atom. The van der Waals surface area contributed by atoms with Gasteiger partial charge < -0.3 is 4.74 Å². The van der Waals surface area contributed by atoms with Gasteiger partial charge in [-0.2, -0.15) is 0 Å². The lowest BCUT2D eigenvalue weighted by molar-refractivity contribution is -0.138. The summed E-state index contributed by atoms with van der Waals surface area (Å²) < 4.78 is 5.01. The molecule has 0 aromatic rings. The van der Waals surface area contributed by atoms with Crippen LogP contribution in [0.3, 0.4) is 0 Å². The van der Waals surface area contributed by atoms with Crippen LogP contribution < -0.4 is 0 Å². The molecule has 0 aliphatic rings. The predicted molar refractivity (Wildman–Crippen MR) is 71.5 cm³/mol. The first kappa shape index (κ1) is 14.6. The summed E-state index contributed by atoms with van der Waals surface area (Å²) >= 11 is 0. The highest BCUT2D eigenvalue weighted by Crippen LogP contribution is 2.16. The summed E-state index contributed by atoms with van der Waals surface area (Å²) in [5.74, 6) is -0.330. The van der Waals surface area contributed by atoms with Crippen molar-refractivity contribution in [2.24, 2.45) is 0 Å². The van der Waals surface area contributed by atoms with Gasteiger partial charge in [0.05, 0.1) is 6.61 Å². The maximum Gasteiger partial charge on any atom is 0.333 e. The van der Waals surface area contributed by atoms with Gasteiger partial charge in [0.2, 0.25) is 0 Å². The summed E-state index contributed by atoms with van der Waals surface area (Å²) in [6, 6.07) is 0.924. The number of carbonyl (C=O) groups is 1. The molecule has 0 atom stereocenters. The van der Waals surface area contributed by atoms with Crippen LogP contribution in [0.5, 0.6) is 0 Å². The highest BCUT2D eigenvalue weighted by Gasteiger charge is 2.20. The first-order chi connectivity index (χ1) is 7.51. The molecule has 0 unspecified atom stereocenters. The van der Waals surface area contributed by atoms with Crippen LogP contribution in [0.4, 0.5) is 0 Å². The Kier molecular flexibility index (Phi) is 6.42. The lowest BCUT2D eigenvalue weighted by atomic mass is 10.4. The van der Waals surface area contributed by atoms with E-state index in [1.54, 1.807) is 6.92 Å². The van der Waals surface area contributed by atoms with Crippen molar-refractivity contribution in [3.05, 3.63) is 49.0 Å². The van der Waals surface area contributed by atoms with Crippen LogP contribution in [-0.4, -0.2) is 20.7 Å². The Hall–Kier alpha value is -1.35. The average molecular weight is 236 g/mol. The average Bonchev–Trinajstić information content (AvgIpc) is 2.30. The van der Waals surface area contributed by atoms with E-state index in [1.807, 2.05) is 17.1 Å². The zero-order chi connectivity index (χ0) is 12.6. The van der Waals surface area contributed by atoms with E-state index < -0.39 is 8.07 Å². The second kappa shape index (κ2) is 7.01. The molecule has 0 saturated heterocycles. The molecular formula is C13H20O2Si. The van der Waals surface area contributed by atoms with E-state index in [9.17, 15) is 4.79 Å². The van der Waals surface area contributed by atoms with Crippen molar-refractivity contribution in [3.8, 4) is 0 Å². The summed E-state index contributed by atoms with van der Waals surface area (Å²) in [6.45, 7) is 17.0. The highest BCUT2D eigenvalue weighted by molar-refractivity contribution is 6.93. The lowest BCUT2D eigenvalue weighted by Crippen LogP contribution is -2.27. The fraction of sp³-hybridized carbons (Fsp3) is 0.308. The minimum Gasteiger partial charge on any atom is -0.462 e. The van der Waals surface area contributed by atoms with Crippen molar-refractivity contribution in [1.29, 1.82) is 0 Å². The normalized spacial score (nSPS) is 10.3. The van der Waals surface area contributed by atoms with Gasteiger partial charge in [-0.3, -0.25) is 0 Å². The van der Waals surface area contributed by atoms with Crippen molar-refractivity contribution in [2.45, 2.75) is 19.4 Å². The van der Waals surface area contributed by atoms with Crippen LogP contribution in [0.15, 0.2) is 49.0 Å². The third-order valence-electron chi connectivity index (χ3n) is 2.48. The topological polar surface area (TPSA) is 26.3 Å². The van der Waals surface area contributed by atoms with Crippen LogP contribution in [0.1, 0.15) is 13.3 Å². The molecule has 0 aliphatic carbocycles. The lowest BCUT2D eigenvalue weighted by Gasteiger charge is -2.19. The molecule has 0 heterocycles. The number of ether oxygens (including phenoxy) is 1. The molecule has 0 amide bonds. The summed E-state index contributed by atoms with van der Waals surface area (Å²) in [5, 5.41) is 0. The third-order valence-corrected chi connectivity index (χ3v) is 5.98. The third kappa shape index (κ3) is 4.44. The van der Waals surface area contributed by atoms with Crippen molar-refractivity contribution < 1.29 is 9.53 Å². The summed E-state index contributed by atoms with van der Waals surface area (Å²) in [5.41, 5.74) is 6.24. The van der Waals surface area contributed by atoms with Gasteiger partial charge in [0.15, 0.2) is 0 Å². The summed E-state index contributed by atoms with van der Waals surface area (Å²) in [6.07, 6.45) is 0.801. The van der Waals surface area contributed by atoms with Gasteiger partial charge in [0.1, 0.15) is 8.07 Å². The fourth-order valence-corrected chi connectivity index (χ4v) is 3.09. The number of carbonyl (C=O) groups excluding carboxylic acids is 1. The van der Waals surface area contributed by atoms with Crippen molar-refractivity contribution in [1.82, 2.24) is 0 Å². The van der Waals surface area contributed by atoms with Gasteiger partial charge in [-0.1, -0.05) is 23.7 Å². The van der Waals surface area contributed by atoms with E-state index in [0.717, 1.165) is 12.5 Å². The van der Waals surface area contributed by atoms with Gasteiger partial charge in [-0.15, -0.1) is 19.7 Å². The van der Waals surface area contributed by atoms with Gasteiger partial charge >= 0.3 is 5.97 Å². The van der Waals surface area contributed by atoms with Gasteiger partial charge in [0.25, 0.3) is 0 Å². The Bertz CT molecular complexity index is 283. The second-order valence-corrected chi connectivity index (χ2v) is 7.69. The van der Waals surface area contributed by atoms with E-state index in [-0.39, 0.29) is 5.97 Å². The Balaban J connectivity index is 4.02. The van der Waals surface area contributed by atoms with Crippen LogP contribution in [0.2, 0.25) is 6.04 Å². The molecule has 88 valence electrons. The van der Waals surface area contributed by atoms with Gasteiger partial charge in [-0.05, 0) is 19.4 Å². The first-order valence-corrected chi connectivity index (χ1v) is 7.68. The number of rotatable bonds is 8. The van der Waals surface area contributed by atoms with Gasteiger partial charge in [0, 0.05) is 5.57 Å². The minimum atomic E-state index is -1.74. The Labute approximate surface area is 99.0 Å². The van der Waals surface area contributed by atoms with E-state index in [2.05, 4.69) is 26.3 Å². The smallest absolute Gasteiger partial charge is 0.333 e. The van der Waals surface area contributed by atoms with E-state index in [4.69, 9.17) is 4.74 Å². The maximum atomic E-state index is 11.1. The van der Waals surface area contributed by atoms with Crippen LogP contribution in [0.25, 0.3) is 0 Å². The molecule has 0 spiro atoms. The monoisotopic (exact) mass is 236 g/mol. The largest absolute Gasteiger partial charge is 0.462 e. The van der Waals surface area contributed by atoms with E-state index in [0.29, 0.717) is 12.2 Å². The molecule has 0 aromatic heterocycles. The van der Waals surface area contributed by atoms with Crippen molar-refractivity contribution >= 4 is 14.0 Å². The standard InChI is InChI=1S/C13H20O2Si/c1-6-16(7-2,8-3)11-9-10-15-13(14)12(4)5/h6-8H,1-4,9-11H2,5H3. The summed E-state index contributed by atoms with van der Waals surface area (Å²) in [7, 11) is -1.74. The predicted octanol–water partition coefficient (Wildman–Crippen LogP) is 3.12. The quantitative estimate of drug-likeness (QED) is 0.280. The molecule has 0 bridgehead atoms. The fourth-order valence-electron chi connectivity index (χ4n) is 1.22. The molecular weight excluding hydrogens is 216 g/mol. The minimum absolute atomic E-state index is 0.330. The Morgan fingerprint density at radius 2 is 1.75 bits per heavy atom. The van der Waals surface area contributed by atoms with Crippen LogP contribution >= 0.6 is 0 Å². The highest BCUT2D eigenvalue weighted by atomic mass is 28.3. The van der Waals surface area contributed by atoms with E-state index in [1.165, 1.54) is 0 Å². The molecule has 2 nitrogen and oxygen atoms in total. The Morgan fingerprint density at radius 1 is 1.25 bits per heavy atom. The number of hydrogen-bond acceptors (Lipinski definition) is 2. The van der Waals surface area contributed by atoms with E-state index >= 15 is 0 Å².